The van der Waals surface area contributed by atoms with Crippen molar-refractivity contribution < 1.29 is 8.42 Å². The monoisotopic (exact) mass is 261 g/mol. The molecule has 16 heavy (non-hydrogen) atoms. The first kappa shape index (κ1) is 13.5. The molecule has 1 aromatic rings. The van der Waals surface area contributed by atoms with Crippen LogP contribution in [-0.4, -0.2) is 15.5 Å². The molecule has 1 aromatic carbocycles. The Labute approximate surface area is 102 Å². The van der Waals surface area contributed by atoms with Crippen molar-refractivity contribution in [2.24, 2.45) is 0 Å². The highest BCUT2D eigenvalue weighted by Gasteiger charge is 2.20. The van der Waals surface area contributed by atoms with Gasteiger partial charge in [0.15, 0.2) is 0 Å². The Morgan fingerprint density at radius 1 is 1.25 bits per heavy atom. The van der Waals surface area contributed by atoms with Crippen molar-refractivity contribution in [1.29, 1.82) is 0 Å². The Balaban J connectivity index is 3.31. The van der Waals surface area contributed by atoms with E-state index in [-0.39, 0.29) is 10.3 Å². The minimum Gasteiger partial charge on any atom is -0.214 e. The van der Waals surface area contributed by atoms with Crippen LogP contribution in [0.15, 0.2) is 23.1 Å². The molecule has 0 aromatic heterocycles. The molecule has 1 rings (SSSR count). The summed E-state index contributed by atoms with van der Waals surface area (Å²) in [6.45, 7) is 6.08. The van der Waals surface area contributed by atoms with Crippen LogP contribution in [0.1, 0.15) is 26.3 Å². The van der Waals surface area contributed by atoms with Crippen LogP contribution in [0.4, 0.5) is 0 Å². The summed E-state index contributed by atoms with van der Waals surface area (Å²) in [5, 5.41) is 0.476. The number of hydrogen-bond donors (Lipinski definition) is 1. The molecule has 0 unspecified atom stereocenters. The third kappa shape index (κ3) is 2.75. The van der Waals surface area contributed by atoms with E-state index in [9.17, 15) is 8.42 Å². The van der Waals surface area contributed by atoms with E-state index < -0.39 is 10.0 Å². The molecule has 3 nitrogen and oxygen atoms in total. The second-order valence-corrected chi connectivity index (χ2v) is 6.89. The predicted octanol–water partition coefficient (Wildman–Crippen LogP) is 2.55. The van der Waals surface area contributed by atoms with E-state index in [4.69, 9.17) is 11.6 Å². The van der Waals surface area contributed by atoms with Gasteiger partial charge < -0.3 is 0 Å². The first-order valence-corrected chi connectivity index (χ1v) is 6.78. The minimum atomic E-state index is -3.42. The van der Waals surface area contributed by atoms with E-state index >= 15 is 0 Å². The summed E-state index contributed by atoms with van der Waals surface area (Å²) in [6.07, 6.45) is 0. The number of sulfonamides is 1. The maximum atomic E-state index is 11.5. The lowest BCUT2D eigenvalue weighted by Gasteiger charge is -2.20. The molecule has 0 fully saturated rings. The van der Waals surface area contributed by atoms with Gasteiger partial charge in [-0.25, -0.2) is 13.1 Å². The summed E-state index contributed by atoms with van der Waals surface area (Å²) in [5.74, 6) is 0. The molecule has 0 saturated heterocycles. The highest BCUT2D eigenvalue weighted by Crippen LogP contribution is 2.30. The van der Waals surface area contributed by atoms with Gasteiger partial charge in [0.05, 0.1) is 4.90 Å². The third-order valence-corrected chi connectivity index (χ3v) is 4.05. The van der Waals surface area contributed by atoms with E-state index in [0.717, 1.165) is 5.56 Å². The van der Waals surface area contributed by atoms with E-state index in [0.29, 0.717) is 5.02 Å². The quantitative estimate of drug-likeness (QED) is 0.889. The summed E-state index contributed by atoms with van der Waals surface area (Å²) in [6, 6.07) is 4.80. The average molecular weight is 262 g/mol. The Bertz CT molecular complexity index is 489. The summed E-state index contributed by atoms with van der Waals surface area (Å²) >= 11 is 6.08. The molecule has 0 spiro atoms. The van der Waals surface area contributed by atoms with E-state index in [2.05, 4.69) is 4.72 Å². The van der Waals surface area contributed by atoms with Gasteiger partial charge in [0.2, 0.25) is 10.0 Å². The highest BCUT2D eigenvalue weighted by atomic mass is 35.5. The molecule has 90 valence electrons. The molecule has 0 atom stereocenters. The third-order valence-electron chi connectivity index (χ3n) is 2.33. The summed E-state index contributed by atoms with van der Waals surface area (Å²) in [4.78, 5) is 0.188. The maximum Gasteiger partial charge on any atom is 0.240 e. The van der Waals surface area contributed by atoms with Crippen LogP contribution in [0.2, 0.25) is 5.02 Å². The SMILES string of the molecule is CNS(=O)(=O)c1ccc(C(C)(C)C)c(Cl)c1. The van der Waals surface area contributed by atoms with Crippen molar-refractivity contribution in [3.05, 3.63) is 28.8 Å². The van der Waals surface area contributed by atoms with Crippen molar-refractivity contribution in [1.82, 2.24) is 4.72 Å². The first-order valence-electron chi connectivity index (χ1n) is 4.92. The molecule has 5 heteroatoms. The zero-order chi connectivity index (χ0) is 12.6. The van der Waals surface area contributed by atoms with E-state index in [1.54, 1.807) is 12.1 Å². The molecular weight excluding hydrogens is 246 g/mol. The van der Waals surface area contributed by atoms with Gasteiger partial charge in [0.25, 0.3) is 0 Å². The van der Waals surface area contributed by atoms with Crippen LogP contribution in [0.5, 0.6) is 0 Å². The van der Waals surface area contributed by atoms with E-state index in [1.807, 2.05) is 20.8 Å². The molecule has 0 amide bonds. The van der Waals surface area contributed by atoms with Gasteiger partial charge in [-0.15, -0.1) is 0 Å². The highest BCUT2D eigenvalue weighted by molar-refractivity contribution is 7.89. The van der Waals surface area contributed by atoms with Crippen molar-refractivity contribution in [3.8, 4) is 0 Å². The Morgan fingerprint density at radius 2 is 1.81 bits per heavy atom. The van der Waals surface area contributed by atoms with Gasteiger partial charge in [-0.2, -0.15) is 0 Å². The Kier molecular flexibility index (Phi) is 3.67. The van der Waals surface area contributed by atoms with Gasteiger partial charge in [-0.1, -0.05) is 38.4 Å². The molecule has 0 aliphatic heterocycles. The van der Waals surface area contributed by atoms with Gasteiger partial charge in [-0.3, -0.25) is 0 Å². The zero-order valence-electron chi connectivity index (χ0n) is 9.83. The lowest BCUT2D eigenvalue weighted by atomic mass is 9.87. The summed E-state index contributed by atoms with van der Waals surface area (Å²) in [5.41, 5.74) is 0.836. The number of nitrogens with one attached hydrogen (secondary N) is 1. The second-order valence-electron chi connectivity index (χ2n) is 4.60. The predicted molar refractivity (Wildman–Crippen MR) is 66.4 cm³/mol. The number of rotatable bonds is 2. The van der Waals surface area contributed by atoms with Crippen molar-refractivity contribution >= 4 is 21.6 Å². The Morgan fingerprint density at radius 3 is 2.19 bits per heavy atom. The summed E-state index contributed by atoms with van der Waals surface area (Å²) in [7, 11) is -2.04. The molecule has 0 saturated carbocycles. The molecule has 0 aliphatic carbocycles. The maximum absolute atomic E-state index is 11.5. The van der Waals surface area contributed by atoms with Crippen LogP contribution in [0.25, 0.3) is 0 Å². The number of benzene rings is 1. The molecule has 0 heterocycles. The lowest BCUT2D eigenvalue weighted by molar-refractivity contribution is 0.583. The fourth-order valence-electron chi connectivity index (χ4n) is 1.39. The van der Waals surface area contributed by atoms with E-state index in [1.165, 1.54) is 13.1 Å². The van der Waals surface area contributed by atoms with Gasteiger partial charge in [0, 0.05) is 5.02 Å². The van der Waals surface area contributed by atoms with Crippen molar-refractivity contribution in [2.45, 2.75) is 31.1 Å². The van der Waals surface area contributed by atoms with Crippen LogP contribution >= 0.6 is 11.6 Å². The summed E-state index contributed by atoms with van der Waals surface area (Å²) < 4.78 is 25.3. The first-order chi connectivity index (χ1) is 7.18. The topological polar surface area (TPSA) is 46.2 Å². The normalized spacial score (nSPS) is 12.8. The molecular formula is C11H16ClNO2S. The smallest absolute Gasteiger partial charge is 0.214 e. The fourth-order valence-corrected chi connectivity index (χ4v) is 2.67. The zero-order valence-corrected chi connectivity index (χ0v) is 11.4. The van der Waals surface area contributed by atoms with Gasteiger partial charge in [-0.05, 0) is 30.2 Å². The van der Waals surface area contributed by atoms with Crippen molar-refractivity contribution in [3.63, 3.8) is 0 Å². The van der Waals surface area contributed by atoms with Crippen LogP contribution in [-0.2, 0) is 15.4 Å². The largest absolute Gasteiger partial charge is 0.240 e. The average Bonchev–Trinajstić information content (AvgIpc) is 2.15. The van der Waals surface area contributed by atoms with Crippen molar-refractivity contribution in [2.75, 3.05) is 7.05 Å². The Hall–Kier alpha value is -0.580. The number of halogens is 1. The van der Waals surface area contributed by atoms with Gasteiger partial charge >= 0.3 is 0 Å². The molecule has 0 bridgehead atoms. The van der Waals surface area contributed by atoms with Crippen LogP contribution < -0.4 is 4.72 Å². The fraction of sp³-hybridized carbons (Fsp3) is 0.455. The molecule has 0 radical (unpaired) electrons. The molecule has 0 aliphatic rings. The number of hydrogen-bond acceptors (Lipinski definition) is 2. The molecule has 1 N–H and O–H groups in total. The minimum absolute atomic E-state index is 0.0982. The van der Waals surface area contributed by atoms with Gasteiger partial charge in [0.1, 0.15) is 0 Å². The second kappa shape index (κ2) is 4.35. The van der Waals surface area contributed by atoms with Crippen LogP contribution in [0.3, 0.4) is 0 Å². The van der Waals surface area contributed by atoms with Crippen LogP contribution in [0, 0.1) is 0 Å². The lowest BCUT2D eigenvalue weighted by Crippen LogP contribution is -2.19. The standard InChI is InChI=1S/C11H16ClNO2S/c1-11(2,3)9-6-5-8(7-10(9)12)16(14,15)13-4/h5-7,13H,1-4H3.